The number of nitrogens with zero attached hydrogens (tertiary/aromatic N) is 1. The predicted octanol–water partition coefficient (Wildman–Crippen LogP) is 4.16. The minimum atomic E-state index is -0.838. The lowest BCUT2D eigenvalue weighted by atomic mass is 10.1. The molecule has 1 N–H and O–H groups in total. The van der Waals surface area contributed by atoms with E-state index in [1.807, 2.05) is 0 Å². The smallest absolute Gasteiger partial charge is 0.168 e. The number of aliphatic hydroxyl groups is 1. The standard InChI is InChI=1S/C17H16FNO2/c1-10-7-13(9-19)8-11(2)16(10)21-17-14(12(3)20)5-4-6-15(17)18/h4-8,12,20H,1-3H3/t12-/m1/s1. The van der Waals surface area contributed by atoms with Crippen molar-refractivity contribution in [3.63, 3.8) is 0 Å². The minimum Gasteiger partial charge on any atom is -0.453 e. The molecule has 0 aliphatic carbocycles. The Labute approximate surface area is 123 Å². The summed E-state index contributed by atoms with van der Waals surface area (Å²) in [5.74, 6) is -0.0130. The van der Waals surface area contributed by atoms with Crippen molar-refractivity contribution in [2.75, 3.05) is 0 Å². The van der Waals surface area contributed by atoms with Gasteiger partial charge < -0.3 is 9.84 Å². The highest BCUT2D eigenvalue weighted by molar-refractivity contribution is 5.50. The Hall–Kier alpha value is -2.38. The van der Waals surface area contributed by atoms with E-state index in [0.29, 0.717) is 16.9 Å². The Morgan fingerprint density at radius 3 is 2.33 bits per heavy atom. The van der Waals surface area contributed by atoms with Gasteiger partial charge in [0.15, 0.2) is 11.6 Å². The fourth-order valence-corrected chi connectivity index (χ4v) is 2.24. The molecule has 0 aliphatic heterocycles. The van der Waals surface area contributed by atoms with Crippen LogP contribution in [0.5, 0.6) is 11.5 Å². The zero-order valence-corrected chi connectivity index (χ0v) is 12.1. The summed E-state index contributed by atoms with van der Waals surface area (Å²) in [5, 5.41) is 18.7. The Morgan fingerprint density at radius 2 is 1.81 bits per heavy atom. The van der Waals surface area contributed by atoms with E-state index >= 15 is 0 Å². The van der Waals surface area contributed by atoms with E-state index in [4.69, 9.17) is 10.00 Å². The molecule has 1 atom stereocenters. The van der Waals surface area contributed by atoms with Crippen molar-refractivity contribution in [1.29, 1.82) is 5.26 Å². The highest BCUT2D eigenvalue weighted by Gasteiger charge is 2.17. The molecule has 0 heterocycles. The Bertz CT molecular complexity index is 694. The van der Waals surface area contributed by atoms with E-state index in [1.165, 1.54) is 12.1 Å². The minimum absolute atomic E-state index is 0.0170. The third-order valence-corrected chi connectivity index (χ3v) is 3.24. The van der Waals surface area contributed by atoms with Crippen molar-refractivity contribution in [3.05, 3.63) is 58.4 Å². The number of para-hydroxylation sites is 1. The largest absolute Gasteiger partial charge is 0.453 e. The van der Waals surface area contributed by atoms with Crippen molar-refractivity contribution in [1.82, 2.24) is 0 Å². The van der Waals surface area contributed by atoms with Crippen molar-refractivity contribution in [2.45, 2.75) is 26.9 Å². The summed E-state index contributed by atoms with van der Waals surface area (Å²) in [7, 11) is 0. The number of halogens is 1. The van der Waals surface area contributed by atoms with Gasteiger partial charge in [-0.15, -0.1) is 0 Å². The van der Waals surface area contributed by atoms with E-state index in [0.717, 1.165) is 11.1 Å². The normalized spacial score (nSPS) is 11.8. The maximum atomic E-state index is 14.0. The van der Waals surface area contributed by atoms with Crippen LogP contribution < -0.4 is 4.74 Å². The maximum Gasteiger partial charge on any atom is 0.168 e. The van der Waals surface area contributed by atoms with E-state index in [-0.39, 0.29) is 5.75 Å². The number of aryl methyl sites for hydroxylation is 2. The van der Waals surface area contributed by atoms with Crippen LogP contribution in [0.25, 0.3) is 0 Å². The first-order valence-corrected chi connectivity index (χ1v) is 6.59. The second-order valence-electron chi connectivity index (χ2n) is 4.99. The summed E-state index contributed by atoms with van der Waals surface area (Å²) in [4.78, 5) is 0. The van der Waals surface area contributed by atoms with Crippen molar-refractivity contribution in [2.24, 2.45) is 0 Å². The Morgan fingerprint density at radius 1 is 1.19 bits per heavy atom. The Kier molecular flexibility index (Phi) is 4.25. The van der Waals surface area contributed by atoms with Gasteiger partial charge in [0.25, 0.3) is 0 Å². The lowest BCUT2D eigenvalue weighted by Gasteiger charge is -2.17. The van der Waals surface area contributed by atoms with Gasteiger partial charge in [0.05, 0.1) is 17.7 Å². The number of nitriles is 1. The molecule has 4 heteroatoms. The van der Waals surface area contributed by atoms with Crippen LogP contribution in [0.4, 0.5) is 4.39 Å². The lowest BCUT2D eigenvalue weighted by molar-refractivity contribution is 0.194. The molecule has 0 spiro atoms. The third kappa shape index (κ3) is 3.04. The van der Waals surface area contributed by atoms with Gasteiger partial charge in [-0.05, 0) is 50.1 Å². The molecular weight excluding hydrogens is 269 g/mol. The van der Waals surface area contributed by atoms with E-state index in [2.05, 4.69) is 6.07 Å². The molecule has 0 bridgehead atoms. The molecular formula is C17H16FNO2. The lowest BCUT2D eigenvalue weighted by Crippen LogP contribution is -2.01. The van der Waals surface area contributed by atoms with Gasteiger partial charge in [-0.3, -0.25) is 0 Å². The molecule has 0 unspecified atom stereocenters. The SMILES string of the molecule is Cc1cc(C#N)cc(C)c1Oc1c(F)cccc1[C@@H](C)O. The predicted molar refractivity (Wildman–Crippen MR) is 77.7 cm³/mol. The van der Waals surface area contributed by atoms with Crippen LogP contribution in [0.1, 0.15) is 35.3 Å². The monoisotopic (exact) mass is 285 g/mol. The molecule has 0 fully saturated rings. The van der Waals surface area contributed by atoms with Crippen LogP contribution in [0.2, 0.25) is 0 Å². The molecule has 0 saturated heterocycles. The van der Waals surface area contributed by atoms with Gasteiger partial charge >= 0.3 is 0 Å². The van der Waals surface area contributed by atoms with Crippen molar-refractivity contribution < 1.29 is 14.2 Å². The summed E-state index contributed by atoms with van der Waals surface area (Å²) in [6.45, 7) is 5.15. The average molecular weight is 285 g/mol. The molecule has 3 nitrogen and oxygen atoms in total. The van der Waals surface area contributed by atoms with Crippen LogP contribution >= 0.6 is 0 Å². The zero-order chi connectivity index (χ0) is 15.6. The molecule has 0 amide bonds. The van der Waals surface area contributed by atoms with E-state index in [9.17, 15) is 9.50 Å². The van der Waals surface area contributed by atoms with Crippen LogP contribution in [-0.4, -0.2) is 5.11 Å². The number of benzene rings is 2. The van der Waals surface area contributed by atoms with Crippen LogP contribution in [0.15, 0.2) is 30.3 Å². The first kappa shape index (κ1) is 15.0. The quantitative estimate of drug-likeness (QED) is 0.921. The molecule has 0 radical (unpaired) electrons. The zero-order valence-electron chi connectivity index (χ0n) is 12.1. The fourth-order valence-electron chi connectivity index (χ4n) is 2.24. The highest BCUT2D eigenvalue weighted by Crippen LogP contribution is 2.35. The van der Waals surface area contributed by atoms with Crippen molar-refractivity contribution in [3.8, 4) is 17.6 Å². The van der Waals surface area contributed by atoms with Crippen LogP contribution in [0, 0.1) is 31.0 Å². The van der Waals surface area contributed by atoms with Gasteiger partial charge in [0.2, 0.25) is 0 Å². The van der Waals surface area contributed by atoms with Gasteiger partial charge in [0, 0.05) is 5.56 Å². The van der Waals surface area contributed by atoms with Gasteiger partial charge in [-0.25, -0.2) is 4.39 Å². The summed E-state index contributed by atoms with van der Waals surface area (Å²) in [6, 6.07) is 9.88. The van der Waals surface area contributed by atoms with Gasteiger partial charge in [-0.2, -0.15) is 5.26 Å². The topological polar surface area (TPSA) is 53.2 Å². The molecule has 2 aromatic rings. The molecule has 0 saturated carbocycles. The molecule has 0 aliphatic rings. The number of aliphatic hydroxyl groups excluding tert-OH is 1. The summed E-state index contributed by atoms with van der Waals surface area (Å²) < 4.78 is 19.7. The van der Waals surface area contributed by atoms with Crippen LogP contribution in [0.3, 0.4) is 0 Å². The summed E-state index contributed by atoms with van der Waals surface area (Å²) in [5.41, 5.74) is 2.40. The van der Waals surface area contributed by atoms with E-state index in [1.54, 1.807) is 39.0 Å². The number of ether oxygens (including phenoxy) is 1. The second kappa shape index (κ2) is 5.94. The van der Waals surface area contributed by atoms with Crippen LogP contribution in [-0.2, 0) is 0 Å². The fraction of sp³-hybridized carbons (Fsp3) is 0.235. The molecule has 21 heavy (non-hydrogen) atoms. The van der Waals surface area contributed by atoms with Crippen molar-refractivity contribution >= 4 is 0 Å². The second-order valence-corrected chi connectivity index (χ2v) is 4.99. The van der Waals surface area contributed by atoms with E-state index < -0.39 is 11.9 Å². The first-order valence-electron chi connectivity index (χ1n) is 6.59. The number of hydrogen-bond donors (Lipinski definition) is 1. The molecule has 2 aromatic carbocycles. The van der Waals surface area contributed by atoms with Gasteiger partial charge in [0.1, 0.15) is 5.75 Å². The maximum absolute atomic E-state index is 14.0. The van der Waals surface area contributed by atoms with Gasteiger partial charge in [-0.1, -0.05) is 12.1 Å². The third-order valence-electron chi connectivity index (χ3n) is 3.24. The molecule has 2 rings (SSSR count). The Balaban J connectivity index is 2.51. The molecule has 0 aromatic heterocycles. The highest BCUT2D eigenvalue weighted by atomic mass is 19.1. The average Bonchev–Trinajstić information content (AvgIpc) is 2.43. The first-order chi connectivity index (χ1) is 9.93. The summed E-state index contributed by atoms with van der Waals surface area (Å²) in [6.07, 6.45) is -0.838. The summed E-state index contributed by atoms with van der Waals surface area (Å²) >= 11 is 0. The molecule has 108 valence electrons. The number of rotatable bonds is 3. The number of hydrogen-bond acceptors (Lipinski definition) is 3.